The number of nitrogens with zero attached hydrogens (tertiary/aromatic N) is 1. The number of carbonyl (C=O) groups is 1. The molecule has 0 fully saturated rings. The SMILES string of the molecule is N#Cc1ccc2cc(C(=O)NS(=O)(=O)c3ccccc3F)oc2c1. The summed E-state index contributed by atoms with van der Waals surface area (Å²) in [7, 11) is -4.38. The van der Waals surface area contributed by atoms with Crippen LogP contribution in [-0.4, -0.2) is 14.3 Å². The van der Waals surface area contributed by atoms with E-state index in [1.165, 1.54) is 30.3 Å². The number of furan rings is 1. The standard InChI is InChI=1S/C16H9FN2O4S/c17-12-3-1-2-4-15(12)24(21,22)19-16(20)14-8-11-6-5-10(9-18)7-13(11)23-14/h1-8H,(H,19,20). The number of halogens is 1. The maximum absolute atomic E-state index is 13.6. The zero-order valence-electron chi connectivity index (χ0n) is 12.0. The number of benzene rings is 2. The van der Waals surface area contributed by atoms with Crippen molar-refractivity contribution in [3.8, 4) is 6.07 Å². The molecule has 24 heavy (non-hydrogen) atoms. The van der Waals surface area contributed by atoms with E-state index < -0.39 is 26.6 Å². The monoisotopic (exact) mass is 344 g/mol. The fraction of sp³-hybridized carbons (Fsp3) is 0. The minimum absolute atomic E-state index is 0.264. The Morgan fingerprint density at radius 1 is 1.17 bits per heavy atom. The van der Waals surface area contributed by atoms with Crippen molar-refractivity contribution in [2.24, 2.45) is 0 Å². The highest BCUT2D eigenvalue weighted by atomic mass is 32.2. The minimum atomic E-state index is -4.38. The molecule has 0 aliphatic carbocycles. The number of carbonyl (C=O) groups excluding carboxylic acids is 1. The Morgan fingerprint density at radius 3 is 2.62 bits per heavy atom. The highest BCUT2D eigenvalue weighted by Crippen LogP contribution is 2.21. The molecule has 1 N–H and O–H groups in total. The number of nitrogens with one attached hydrogen (secondary N) is 1. The number of fused-ring (bicyclic) bond motifs is 1. The third-order valence-corrected chi connectivity index (χ3v) is 4.59. The van der Waals surface area contributed by atoms with Gasteiger partial charge in [0.15, 0.2) is 5.76 Å². The van der Waals surface area contributed by atoms with Crippen molar-refractivity contribution in [2.45, 2.75) is 4.90 Å². The number of hydrogen-bond acceptors (Lipinski definition) is 5. The number of sulfonamides is 1. The van der Waals surface area contributed by atoms with Crippen LogP contribution in [0, 0.1) is 17.1 Å². The fourth-order valence-electron chi connectivity index (χ4n) is 2.10. The average Bonchev–Trinajstić information content (AvgIpc) is 2.97. The van der Waals surface area contributed by atoms with Gasteiger partial charge in [-0.3, -0.25) is 4.79 Å². The molecule has 2 aromatic carbocycles. The first-order chi connectivity index (χ1) is 11.4. The van der Waals surface area contributed by atoms with Crippen LogP contribution in [0.1, 0.15) is 16.1 Å². The van der Waals surface area contributed by atoms with Gasteiger partial charge < -0.3 is 4.42 Å². The topological polar surface area (TPSA) is 100 Å². The second-order valence-electron chi connectivity index (χ2n) is 4.84. The van der Waals surface area contributed by atoms with Crippen molar-refractivity contribution in [3.63, 3.8) is 0 Å². The Labute approximate surface area is 136 Å². The van der Waals surface area contributed by atoms with E-state index in [4.69, 9.17) is 9.68 Å². The maximum Gasteiger partial charge on any atom is 0.300 e. The van der Waals surface area contributed by atoms with Crippen molar-refractivity contribution in [2.75, 3.05) is 0 Å². The van der Waals surface area contributed by atoms with Gasteiger partial charge >= 0.3 is 5.91 Å². The van der Waals surface area contributed by atoms with E-state index in [2.05, 4.69) is 0 Å². The lowest BCUT2D eigenvalue weighted by molar-refractivity contribution is 0.0956. The molecule has 0 atom stereocenters. The molecule has 3 rings (SSSR count). The molecule has 1 amide bonds. The summed E-state index contributed by atoms with van der Waals surface area (Å²) in [5.74, 6) is -2.27. The average molecular weight is 344 g/mol. The predicted octanol–water partition coefficient (Wildman–Crippen LogP) is 2.56. The van der Waals surface area contributed by atoms with E-state index in [1.807, 2.05) is 6.07 Å². The minimum Gasteiger partial charge on any atom is -0.451 e. The zero-order chi connectivity index (χ0) is 17.3. The van der Waals surface area contributed by atoms with Crippen LogP contribution in [0.4, 0.5) is 4.39 Å². The third-order valence-electron chi connectivity index (χ3n) is 3.23. The van der Waals surface area contributed by atoms with Gasteiger partial charge in [-0.25, -0.2) is 17.5 Å². The van der Waals surface area contributed by atoms with E-state index in [-0.39, 0.29) is 11.3 Å². The van der Waals surface area contributed by atoms with E-state index >= 15 is 0 Å². The van der Waals surface area contributed by atoms with Gasteiger partial charge in [0.2, 0.25) is 0 Å². The molecular weight excluding hydrogens is 335 g/mol. The molecule has 8 heteroatoms. The normalized spacial score (nSPS) is 11.2. The van der Waals surface area contributed by atoms with Crippen LogP contribution in [0.3, 0.4) is 0 Å². The molecule has 1 heterocycles. The first-order valence-electron chi connectivity index (χ1n) is 6.66. The van der Waals surface area contributed by atoms with Gasteiger partial charge in [-0.1, -0.05) is 12.1 Å². The lowest BCUT2D eigenvalue weighted by Gasteiger charge is -2.05. The first kappa shape index (κ1) is 15.7. The molecule has 1 aromatic heterocycles. The number of hydrogen-bond donors (Lipinski definition) is 1. The highest BCUT2D eigenvalue weighted by molar-refractivity contribution is 7.90. The van der Waals surface area contributed by atoms with Crippen LogP contribution in [0.15, 0.2) is 57.8 Å². The Balaban J connectivity index is 1.93. The lowest BCUT2D eigenvalue weighted by Crippen LogP contribution is -2.30. The lowest BCUT2D eigenvalue weighted by atomic mass is 10.2. The van der Waals surface area contributed by atoms with Crippen LogP contribution >= 0.6 is 0 Å². The molecule has 0 bridgehead atoms. The zero-order valence-corrected chi connectivity index (χ0v) is 12.8. The molecule has 0 saturated heterocycles. The van der Waals surface area contributed by atoms with Gasteiger partial charge in [-0.15, -0.1) is 0 Å². The van der Waals surface area contributed by atoms with Crippen molar-refractivity contribution >= 4 is 26.9 Å². The van der Waals surface area contributed by atoms with Crippen LogP contribution < -0.4 is 4.72 Å². The molecule has 120 valence electrons. The molecule has 0 radical (unpaired) electrons. The van der Waals surface area contributed by atoms with Crippen molar-refractivity contribution in [1.82, 2.24) is 4.72 Å². The van der Waals surface area contributed by atoms with E-state index in [0.29, 0.717) is 10.9 Å². The summed E-state index contributed by atoms with van der Waals surface area (Å²) in [6.45, 7) is 0. The summed E-state index contributed by atoms with van der Waals surface area (Å²) in [4.78, 5) is 11.5. The summed E-state index contributed by atoms with van der Waals surface area (Å²) < 4.78 is 44.8. The molecule has 3 aromatic rings. The van der Waals surface area contributed by atoms with Gasteiger partial charge in [0, 0.05) is 5.39 Å². The molecule has 6 nitrogen and oxygen atoms in total. The largest absolute Gasteiger partial charge is 0.451 e. The van der Waals surface area contributed by atoms with Crippen LogP contribution in [0.2, 0.25) is 0 Å². The van der Waals surface area contributed by atoms with Crippen LogP contribution in [0.5, 0.6) is 0 Å². The van der Waals surface area contributed by atoms with Gasteiger partial charge in [0.1, 0.15) is 16.3 Å². The second kappa shape index (κ2) is 5.79. The Kier molecular flexibility index (Phi) is 3.79. The smallest absolute Gasteiger partial charge is 0.300 e. The third kappa shape index (κ3) is 2.85. The number of amides is 1. The summed E-state index contributed by atoms with van der Waals surface area (Å²) in [5.41, 5.74) is 0.602. The van der Waals surface area contributed by atoms with Crippen LogP contribution in [0.25, 0.3) is 11.0 Å². The summed E-state index contributed by atoms with van der Waals surface area (Å²) in [6, 6.07) is 12.5. The van der Waals surface area contributed by atoms with Gasteiger partial charge in [0.05, 0.1) is 11.6 Å². The molecule has 0 spiro atoms. The molecular formula is C16H9FN2O4S. The summed E-state index contributed by atoms with van der Waals surface area (Å²) in [6.07, 6.45) is 0. The van der Waals surface area contributed by atoms with Crippen molar-refractivity contribution in [3.05, 3.63) is 65.7 Å². The number of rotatable bonds is 3. The molecule has 0 saturated carbocycles. The molecule has 0 unspecified atom stereocenters. The quantitative estimate of drug-likeness (QED) is 0.787. The van der Waals surface area contributed by atoms with Gasteiger partial charge in [0.25, 0.3) is 10.0 Å². The fourth-order valence-corrected chi connectivity index (χ4v) is 3.14. The second-order valence-corrected chi connectivity index (χ2v) is 6.49. The summed E-state index contributed by atoms with van der Waals surface area (Å²) >= 11 is 0. The molecule has 0 aliphatic rings. The Morgan fingerprint density at radius 2 is 1.92 bits per heavy atom. The van der Waals surface area contributed by atoms with Crippen molar-refractivity contribution in [1.29, 1.82) is 5.26 Å². The van der Waals surface area contributed by atoms with Gasteiger partial charge in [-0.2, -0.15) is 5.26 Å². The number of nitriles is 1. The van der Waals surface area contributed by atoms with E-state index in [9.17, 15) is 17.6 Å². The van der Waals surface area contributed by atoms with Gasteiger partial charge in [-0.05, 0) is 36.4 Å². The Bertz CT molecular complexity index is 1100. The summed E-state index contributed by atoms with van der Waals surface area (Å²) in [5, 5.41) is 9.36. The van der Waals surface area contributed by atoms with Crippen LogP contribution in [-0.2, 0) is 10.0 Å². The first-order valence-corrected chi connectivity index (χ1v) is 8.14. The highest BCUT2D eigenvalue weighted by Gasteiger charge is 2.24. The Hall–Kier alpha value is -3.18. The van der Waals surface area contributed by atoms with E-state index in [0.717, 1.165) is 12.1 Å². The maximum atomic E-state index is 13.6. The van der Waals surface area contributed by atoms with E-state index in [1.54, 1.807) is 10.8 Å². The molecule has 0 aliphatic heterocycles. The van der Waals surface area contributed by atoms with Crippen molar-refractivity contribution < 1.29 is 22.0 Å². The predicted molar refractivity (Wildman–Crippen MR) is 82.0 cm³/mol.